The van der Waals surface area contributed by atoms with E-state index in [-0.39, 0.29) is 18.8 Å². The lowest BCUT2D eigenvalue weighted by molar-refractivity contribution is -0.0603. The summed E-state index contributed by atoms with van der Waals surface area (Å²) in [4.78, 5) is 7.02. The summed E-state index contributed by atoms with van der Waals surface area (Å²) in [5.41, 5.74) is -0.718. The van der Waals surface area contributed by atoms with Crippen LogP contribution in [0.4, 0.5) is 13.2 Å². The van der Waals surface area contributed by atoms with Gasteiger partial charge in [-0.25, -0.2) is 4.99 Å². The van der Waals surface area contributed by atoms with Gasteiger partial charge in [0.15, 0.2) is 0 Å². The first-order chi connectivity index (χ1) is 5.00. The van der Waals surface area contributed by atoms with E-state index in [1.807, 2.05) is 0 Å². The molecule has 0 saturated heterocycles. The molecule has 0 spiro atoms. The fraction of sp³-hybridized carbons (Fsp3) is 0.667. The quantitative estimate of drug-likeness (QED) is 0.521. The van der Waals surface area contributed by atoms with Gasteiger partial charge in [-0.15, -0.1) is 0 Å². The first-order valence-electron chi connectivity index (χ1n) is 3.16. The van der Waals surface area contributed by atoms with Gasteiger partial charge < -0.3 is 0 Å². The van der Waals surface area contributed by atoms with Gasteiger partial charge in [0.1, 0.15) is 11.5 Å². The summed E-state index contributed by atoms with van der Waals surface area (Å²) >= 11 is 0. The fourth-order valence-electron chi connectivity index (χ4n) is 0.815. The lowest BCUT2D eigenvalue weighted by Gasteiger charge is -2.12. The number of halogens is 3. The average molecular weight is 164 g/mol. The molecule has 1 heterocycles. The predicted octanol–water partition coefficient (Wildman–Crippen LogP) is 1.81. The van der Waals surface area contributed by atoms with Crippen LogP contribution in [0.2, 0.25) is 0 Å². The van der Waals surface area contributed by atoms with Crippen molar-refractivity contribution in [1.29, 1.82) is 0 Å². The van der Waals surface area contributed by atoms with Crippen molar-refractivity contribution >= 4 is 11.5 Å². The number of hydrogen-bond donors (Lipinski definition) is 0. The van der Waals surface area contributed by atoms with Gasteiger partial charge in [0.2, 0.25) is 0 Å². The largest absolute Gasteiger partial charge is 0.429 e. The lowest BCUT2D eigenvalue weighted by Crippen LogP contribution is -2.26. The van der Waals surface area contributed by atoms with Crippen molar-refractivity contribution in [3.63, 3.8) is 0 Å². The summed E-state index contributed by atoms with van der Waals surface area (Å²) in [7, 11) is 0. The Kier molecular flexibility index (Phi) is 1.97. The van der Waals surface area contributed by atoms with Crippen molar-refractivity contribution in [1.82, 2.24) is 0 Å². The minimum absolute atomic E-state index is 0.0964. The van der Waals surface area contributed by atoms with Gasteiger partial charge in [0.25, 0.3) is 0 Å². The van der Waals surface area contributed by atoms with E-state index in [1.54, 1.807) is 0 Å². The zero-order chi connectivity index (χ0) is 8.48. The summed E-state index contributed by atoms with van der Waals surface area (Å²) in [5.74, 6) is 0.212. The Morgan fingerprint density at radius 1 is 1.36 bits per heavy atom. The van der Waals surface area contributed by atoms with E-state index < -0.39 is 11.9 Å². The molecule has 1 aliphatic rings. The third kappa shape index (κ3) is 2.03. The molecule has 0 N–H and O–H groups in total. The number of alkyl halides is 3. The Morgan fingerprint density at radius 3 is 2.36 bits per heavy atom. The molecule has 2 nitrogen and oxygen atoms in total. The monoisotopic (exact) mass is 164 g/mol. The number of hydrogen-bond acceptors (Lipinski definition) is 2. The van der Waals surface area contributed by atoms with Gasteiger partial charge in [-0.3, -0.25) is 4.99 Å². The highest BCUT2D eigenvalue weighted by molar-refractivity contribution is 6.01. The molecule has 0 radical (unpaired) electrons. The molecule has 0 aromatic carbocycles. The maximum absolute atomic E-state index is 11.9. The zero-order valence-corrected chi connectivity index (χ0v) is 5.94. The van der Waals surface area contributed by atoms with E-state index >= 15 is 0 Å². The number of amidine groups is 1. The molecule has 1 rings (SSSR count). The third-order valence-electron chi connectivity index (χ3n) is 1.31. The normalized spacial score (nSPS) is 19.3. The molecule has 11 heavy (non-hydrogen) atoms. The van der Waals surface area contributed by atoms with Crippen LogP contribution >= 0.6 is 0 Å². The molecule has 0 aromatic rings. The van der Waals surface area contributed by atoms with Gasteiger partial charge in [-0.1, -0.05) is 0 Å². The van der Waals surface area contributed by atoms with Crippen LogP contribution in [0.15, 0.2) is 9.98 Å². The molecule has 0 amide bonds. The summed E-state index contributed by atoms with van der Waals surface area (Å²) < 4.78 is 35.8. The van der Waals surface area contributed by atoms with Crippen LogP contribution in [0.1, 0.15) is 13.3 Å². The van der Waals surface area contributed by atoms with E-state index in [1.165, 1.54) is 6.92 Å². The SMILES string of the molecule is CC1=NCCC(C(F)(F)F)=N1. The van der Waals surface area contributed by atoms with Crippen LogP contribution in [0.25, 0.3) is 0 Å². The van der Waals surface area contributed by atoms with Crippen LogP contribution in [0.3, 0.4) is 0 Å². The van der Waals surface area contributed by atoms with Crippen LogP contribution in [0, 0.1) is 0 Å². The van der Waals surface area contributed by atoms with Crippen molar-refractivity contribution in [2.75, 3.05) is 6.54 Å². The molecule has 0 bridgehead atoms. The molecule has 62 valence electrons. The maximum Gasteiger partial charge on any atom is 0.429 e. The highest BCUT2D eigenvalue weighted by Crippen LogP contribution is 2.21. The van der Waals surface area contributed by atoms with Crippen molar-refractivity contribution in [3.8, 4) is 0 Å². The number of nitrogens with zero attached hydrogens (tertiary/aromatic N) is 2. The highest BCUT2D eigenvalue weighted by atomic mass is 19.4. The first kappa shape index (κ1) is 8.23. The van der Waals surface area contributed by atoms with Gasteiger partial charge in [-0.05, 0) is 6.92 Å². The van der Waals surface area contributed by atoms with Gasteiger partial charge in [0, 0.05) is 13.0 Å². The van der Waals surface area contributed by atoms with E-state index in [9.17, 15) is 13.2 Å². The Bertz CT molecular complexity index is 214. The van der Waals surface area contributed by atoms with Crippen LogP contribution in [-0.4, -0.2) is 24.3 Å². The molecule has 0 aliphatic carbocycles. The Balaban J connectivity index is 2.82. The summed E-state index contributed by atoms with van der Waals surface area (Å²) in [5, 5.41) is 0. The van der Waals surface area contributed by atoms with E-state index in [2.05, 4.69) is 9.98 Å². The molecular weight excluding hydrogens is 157 g/mol. The number of rotatable bonds is 0. The summed E-state index contributed by atoms with van der Waals surface area (Å²) in [6.07, 6.45) is -4.38. The van der Waals surface area contributed by atoms with Crippen molar-refractivity contribution in [3.05, 3.63) is 0 Å². The first-order valence-corrected chi connectivity index (χ1v) is 3.16. The Morgan fingerprint density at radius 2 is 2.00 bits per heavy atom. The zero-order valence-electron chi connectivity index (χ0n) is 5.94. The second-order valence-electron chi connectivity index (χ2n) is 2.24. The van der Waals surface area contributed by atoms with Gasteiger partial charge in [0.05, 0.1) is 0 Å². The van der Waals surface area contributed by atoms with Crippen molar-refractivity contribution in [2.45, 2.75) is 19.5 Å². The van der Waals surface area contributed by atoms with Gasteiger partial charge in [-0.2, -0.15) is 13.2 Å². The van der Waals surface area contributed by atoms with E-state index in [0.717, 1.165) is 0 Å². The topological polar surface area (TPSA) is 24.7 Å². The molecule has 1 aliphatic heterocycles. The molecule has 0 saturated carbocycles. The summed E-state index contributed by atoms with van der Waals surface area (Å²) in [6, 6.07) is 0. The predicted molar refractivity (Wildman–Crippen MR) is 36.1 cm³/mol. The molecular formula is C6H7F3N2. The maximum atomic E-state index is 11.9. The smallest absolute Gasteiger partial charge is 0.270 e. The summed E-state index contributed by atoms with van der Waals surface area (Å²) in [6.45, 7) is 1.66. The second-order valence-corrected chi connectivity index (χ2v) is 2.24. The lowest BCUT2D eigenvalue weighted by atomic mass is 10.2. The highest BCUT2D eigenvalue weighted by Gasteiger charge is 2.35. The molecule has 0 unspecified atom stereocenters. The Hall–Kier alpha value is -0.870. The molecule has 0 aromatic heterocycles. The minimum Gasteiger partial charge on any atom is -0.270 e. The van der Waals surface area contributed by atoms with E-state index in [0.29, 0.717) is 0 Å². The van der Waals surface area contributed by atoms with Crippen LogP contribution in [0.5, 0.6) is 0 Å². The van der Waals surface area contributed by atoms with E-state index in [4.69, 9.17) is 0 Å². The molecule has 0 atom stereocenters. The van der Waals surface area contributed by atoms with Crippen molar-refractivity contribution < 1.29 is 13.2 Å². The third-order valence-corrected chi connectivity index (χ3v) is 1.31. The van der Waals surface area contributed by atoms with Crippen LogP contribution < -0.4 is 0 Å². The number of aliphatic imine (C=N–C) groups is 2. The average Bonchev–Trinajstić information content (AvgIpc) is 1.86. The Labute approximate surface area is 61.8 Å². The minimum atomic E-state index is -4.28. The second kappa shape index (κ2) is 2.64. The van der Waals surface area contributed by atoms with Crippen LogP contribution in [-0.2, 0) is 0 Å². The standard InChI is InChI=1S/C6H7F3N2/c1-4-10-3-2-5(11-4)6(7,8)9/h2-3H2,1H3. The molecule has 0 fully saturated rings. The van der Waals surface area contributed by atoms with Gasteiger partial charge >= 0.3 is 6.18 Å². The molecule has 5 heteroatoms. The van der Waals surface area contributed by atoms with Crippen molar-refractivity contribution in [2.24, 2.45) is 9.98 Å². The fourth-order valence-corrected chi connectivity index (χ4v) is 0.815.